The van der Waals surface area contributed by atoms with Crippen LogP contribution in [0, 0.1) is 12.3 Å². The van der Waals surface area contributed by atoms with E-state index in [0.29, 0.717) is 0 Å². The molecule has 0 aromatic rings. The van der Waals surface area contributed by atoms with Crippen LogP contribution in [0.4, 0.5) is 0 Å². The number of rotatable bonds is 2. The smallest absolute Gasteiger partial charge is 0.206 e. The predicted octanol–water partition coefficient (Wildman–Crippen LogP) is -2.83. The fourth-order valence-electron chi connectivity index (χ4n) is 1.51. The van der Waals surface area contributed by atoms with E-state index in [2.05, 4.69) is 5.92 Å². The van der Waals surface area contributed by atoms with Crippen LogP contribution in [0.25, 0.3) is 0 Å². The number of aliphatic hydroxyl groups is 5. The first-order chi connectivity index (χ1) is 6.96. The normalized spacial score (nSPS) is 46.1. The summed E-state index contributed by atoms with van der Waals surface area (Å²) in [6.07, 6.45) is -1.37. The van der Waals surface area contributed by atoms with Gasteiger partial charge < -0.3 is 30.3 Å². The summed E-state index contributed by atoms with van der Waals surface area (Å²) in [5, 5.41) is 46.7. The summed E-state index contributed by atoms with van der Waals surface area (Å²) >= 11 is 0. The molecule has 0 saturated carbocycles. The number of hydrogen-bond donors (Lipinski definition) is 5. The molecule has 0 spiro atoms. The summed E-state index contributed by atoms with van der Waals surface area (Å²) in [6, 6.07) is 0. The van der Waals surface area contributed by atoms with E-state index in [1.807, 2.05) is 0 Å². The molecule has 15 heavy (non-hydrogen) atoms. The van der Waals surface area contributed by atoms with Crippen molar-refractivity contribution < 1.29 is 30.3 Å². The largest absolute Gasteiger partial charge is 0.394 e. The van der Waals surface area contributed by atoms with Gasteiger partial charge in [0.05, 0.1) is 13.0 Å². The van der Waals surface area contributed by atoms with Crippen molar-refractivity contribution in [2.75, 3.05) is 6.61 Å². The minimum Gasteiger partial charge on any atom is -0.394 e. The molecule has 1 rings (SSSR count). The molecule has 1 aliphatic heterocycles. The Kier molecular flexibility index (Phi) is 3.67. The molecule has 5 atom stereocenters. The molecule has 6 heteroatoms. The molecule has 6 nitrogen and oxygen atoms in total. The van der Waals surface area contributed by atoms with Gasteiger partial charge in [-0.15, -0.1) is 12.3 Å². The molecule has 0 aromatic carbocycles. The number of hydrogen-bond acceptors (Lipinski definition) is 6. The Bertz CT molecular complexity index is 260. The van der Waals surface area contributed by atoms with Crippen LogP contribution in [0.2, 0.25) is 0 Å². The topological polar surface area (TPSA) is 110 Å². The molecule has 5 N–H and O–H groups in total. The quantitative estimate of drug-likeness (QED) is 0.320. The Morgan fingerprint density at radius 1 is 1.27 bits per heavy atom. The van der Waals surface area contributed by atoms with Gasteiger partial charge in [-0.05, 0) is 0 Å². The van der Waals surface area contributed by atoms with Crippen LogP contribution < -0.4 is 0 Å². The molecule has 0 aliphatic carbocycles. The summed E-state index contributed by atoms with van der Waals surface area (Å²) in [5.41, 5.74) is 0. The first-order valence-electron chi connectivity index (χ1n) is 4.45. The maximum Gasteiger partial charge on any atom is 0.206 e. The van der Waals surface area contributed by atoms with E-state index in [0.717, 1.165) is 0 Å². The zero-order valence-corrected chi connectivity index (χ0v) is 7.95. The van der Waals surface area contributed by atoms with Gasteiger partial charge in [0.25, 0.3) is 0 Å². The third-order valence-electron chi connectivity index (χ3n) is 2.41. The van der Waals surface area contributed by atoms with E-state index >= 15 is 0 Å². The zero-order valence-electron chi connectivity index (χ0n) is 7.95. The van der Waals surface area contributed by atoms with Gasteiger partial charge in [-0.25, -0.2) is 0 Å². The molecule has 1 aliphatic rings. The summed E-state index contributed by atoms with van der Waals surface area (Å²) < 4.78 is 4.86. The predicted molar refractivity (Wildman–Crippen MR) is 48.4 cm³/mol. The van der Waals surface area contributed by atoms with E-state index < -0.39 is 36.8 Å². The highest BCUT2D eigenvalue weighted by atomic mass is 16.7. The van der Waals surface area contributed by atoms with Crippen LogP contribution >= 0.6 is 0 Å². The van der Waals surface area contributed by atoms with Gasteiger partial charge in [0.2, 0.25) is 5.79 Å². The van der Waals surface area contributed by atoms with Crippen molar-refractivity contribution in [2.24, 2.45) is 0 Å². The Balaban J connectivity index is 2.88. The fourth-order valence-corrected chi connectivity index (χ4v) is 1.51. The summed E-state index contributed by atoms with van der Waals surface area (Å²) in [5.74, 6) is -0.0591. The molecule has 0 aromatic heterocycles. The SMILES string of the molecule is C#CC[C@@]1(O)O[C@H](CO)[C@@H](O)[C@H](O)[C@H]1O. The van der Waals surface area contributed by atoms with Crippen LogP contribution in [0.3, 0.4) is 0 Å². The van der Waals surface area contributed by atoms with E-state index in [-0.39, 0.29) is 6.42 Å². The van der Waals surface area contributed by atoms with Crippen molar-refractivity contribution >= 4 is 0 Å². The molecule has 1 heterocycles. The molecule has 0 radical (unpaired) electrons. The second-order valence-corrected chi connectivity index (χ2v) is 3.49. The molecule has 0 bridgehead atoms. The van der Waals surface area contributed by atoms with Gasteiger partial charge >= 0.3 is 0 Å². The summed E-state index contributed by atoms with van der Waals surface area (Å²) in [7, 11) is 0. The van der Waals surface area contributed by atoms with Crippen molar-refractivity contribution in [1.82, 2.24) is 0 Å². The van der Waals surface area contributed by atoms with Crippen LogP contribution in [0.1, 0.15) is 6.42 Å². The highest BCUT2D eigenvalue weighted by molar-refractivity contribution is 5.02. The van der Waals surface area contributed by atoms with Crippen LogP contribution in [0.5, 0.6) is 0 Å². The lowest BCUT2D eigenvalue weighted by atomic mass is 9.91. The molecule has 1 fully saturated rings. The molecule has 1 saturated heterocycles. The molecular weight excluding hydrogens is 204 g/mol. The Morgan fingerprint density at radius 3 is 2.33 bits per heavy atom. The average molecular weight is 218 g/mol. The van der Waals surface area contributed by atoms with Crippen LogP contribution in [0.15, 0.2) is 0 Å². The highest BCUT2D eigenvalue weighted by Crippen LogP contribution is 2.30. The first-order valence-corrected chi connectivity index (χ1v) is 4.45. The van der Waals surface area contributed by atoms with Crippen LogP contribution in [-0.2, 0) is 4.74 Å². The average Bonchev–Trinajstić information content (AvgIpc) is 2.21. The number of ether oxygens (including phenoxy) is 1. The third-order valence-corrected chi connectivity index (χ3v) is 2.41. The Labute approximate surface area is 86.7 Å². The highest BCUT2D eigenvalue weighted by Gasteiger charge is 2.52. The minimum absolute atomic E-state index is 0.353. The van der Waals surface area contributed by atoms with Crippen molar-refractivity contribution in [3.8, 4) is 12.3 Å². The first kappa shape index (κ1) is 12.4. The van der Waals surface area contributed by atoms with Crippen LogP contribution in [-0.4, -0.2) is 62.3 Å². The maximum absolute atomic E-state index is 9.73. The summed E-state index contributed by atoms with van der Waals surface area (Å²) in [6.45, 7) is -0.599. The van der Waals surface area contributed by atoms with Gasteiger partial charge in [0.1, 0.15) is 24.4 Å². The van der Waals surface area contributed by atoms with E-state index in [9.17, 15) is 20.4 Å². The maximum atomic E-state index is 9.73. The Morgan fingerprint density at radius 2 is 1.87 bits per heavy atom. The second kappa shape index (κ2) is 4.45. The van der Waals surface area contributed by atoms with Crippen molar-refractivity contribution in [1.29, 1.82) is 0 Å². The van der Waals surface area contributed by atoms with E-state index in [1.165, 1.54) is 0 Å². The third kappa shape index (κ3) is 2.13. The Hall–Kier alpha value is -0.680. The monoisotopic (exact) mass is 218 g/mol. The molecule has 0 amide bonds. The summed E-state index contributed by atoms with van der Waals surface area (Å²) in [4.78, 5) is 0. The number of aliphatic hydroxyl groups excluding tert-OH is 4. The van der Waals surface area contributed by atoms with Gasteiger partial charge in [0.15, 0.2) is 0 Å². The lowest BCUT2D eigenvalue weighted by Gasteiger charge is -2.44. The van der Waals surface area contributed by atoms with Gasteiger partial charge in [-0.3, -0.25) is 0 Å². The van der Waals surface area contributed by atoms with Gasteiger partial charge in [-0.1, -0.05) is 0 Å². The minimum atomic E-state index is -2.14. The van der Waals surface area contributed by atoms with Crippen molar-refractivity contribution in [3.05, 3.63) is 0 Å². The standard InChI is InChI=1S/C9H14O6/c1-2-3-9(14)8(13)7(12)6(11)5(4-10)15-9/h1,5-8,10-14H,3-4H2/t5-,6-,7+,8-,9-/m1/s1. The molecular formula is C9H14O6. The van der Waals surface area contributed by atoms with E-state index in [4.69, 9.17) is 16.3 Å². The zero-order chi connectivity index (χ0) is 11.6. The molecule has 0 unspecified atom stereocenters. The number of terminal acetylenes is 1. The lowest BCUT2D eigenvalue weighted by Crippen LogP contribution is -2.65. The van der Waals surface area contributed by atoms with Crippen molar-refractivity contribution in [2.45, 2.75) is 36.6 Å². The molecule has 86 valence electrons. The van der Waals surface area contributed by atoms with Gasteiger partial charge in [0, 0.05) is 0 Å². The fraction of sp³-hybridized carbons (Fsp3) is 0.778. The van der Waals surface area contributed by atoms with E-state index in [1.54, 1.807) is 0 Å². The second-order valence-electron chi connectivity index (χ2n) is 3.49. The van der Waals surface area contributed by atoms with Crippen molar-refractivity contribution in [3.63, 3.8) is 0 Å². The lowest BCUT2D eigenvalue weighted by molar-refractivity contribution is -0.346. The van der Waals surface area contributed by atoms with Gasteiger partial charge in [-0.2, -0.15) is 0 Å².